The van der Waals surface area contributed by atoms with Crippen LogP contribution in [0.4, 0.5) is 4.39 Å². The maximum absolute atomic E-state index is 14.6. The van der Waals surface area contributed by atoms with Crippen LogP contribution in [0, 0.1) is 5.82 Å². The Labute approximate surface area is 156 Å². The van der Waals surface area contributed by atoms with Crippen LogP contribution in [0.15, 0.2) is 71.8 Å². The summed E-state index contributed by atoms with van der Waals surface area (Å²) in [6, 6.07) is 15.5. The number of nitrogens with zero attached hydrogens (tertiary/aromatic N) is 2. The minimum absolute atomic E-state index is 0.0306. The van der Waals surface area contributed by atoms with Gasteiger partial charge in [0.25, 0.3) is 0 Å². The van der Waals surface area contributed by atoms with Gasteiger partial charge in [-0.15, -0.1) is 0 Å². The Morgan fingerprint density at radius 3 is 2.46 bits per heavy atom. The zero-order valence-electron chi connectivity index (χ0n) is 13.7. The van der Waals surface area contributed by atoms with Gasteiger partial charge in [-0.2, -0.15) is 4.31 Å². The van der Waals surface area contributed by atoms with Gasteiger partial charge in [0.1, 0.15) is 10.7 Å². The molecule has 0 N–H and O–H groups in total. The van der Waals surface area contributed by atoms with Gasteiger partial charge < -0.3 is 4.57 Å². The van der Waals surface area contributed by atoms with Crippen molar-refractivity contribution in [1.82, 2.24) is 8.87 Å². The van der Waals surface area contributed by atoms with E-state index in [0.717, 1.165) is 5.69 Å². The molecule has 3 aromatic rings. The van der Waals surface area contributed by atoms with E-state index in [1.165, 1.54) is 16.4 Å². The van der Waals surface area contributed by atoms with Crippen LogP contribution in [0.2, 0.25) is 5.02 Å². The zero-order chi connectivity index (χ0) is 18.3. The first kappa shape index (κ1) is 17.3. The molecule has 0 spiro atoms. The molecule has 0 fully saturated rings. The van der Waals surface area contributed by atoms with Gasteiger partial charge >= 0.3 is 0 Å². The minimum Gasteiger partial charge on any atom is -0.348 e. The number of hydrogen-bond donors (Lipinski definition) is 0. The van der Waals surface area contributed by atoms with E-state index in [1.54, 1.807) is 36.4 Å². The Hall–Kier alpha value is -2.15. The summed E-state index contributed by atoms with van der Waals surface area (Å²) in [6.45, 7) is 0.727. The second-order valence-electron chi connectivity index (χ2n) is 6.10. The first-order valence-corrected chi connectivity index (χ1v) is 9.98. The Morgan fingerprint density at radius 2 is 1.69 bits per heavy atom. The van der Waals surface area contributed by atoms with Gasteiger partial charge in [0.05, 0.1) is 11.1 Å². The molecule has 1 atom stereocenters. The molecule has 0 amide bonds. The van der Waals surface area contributed by atoms with Crippen molar-refractivity contribution in [3.8, 4) is 0 Å². The topological polar surface area (TPSA) is 42.3 Å². The smallest absolute Gasteiger partial charge is 0.245 e. The molecule has 4 rings (SSSR count). The standard InChI is InChI=1S/C19H16ClFN2O2S/c20-15-7-2-4-10-18(15)26(24,25)23-13-12-22-11-5-9-17(22)19(23)14-6-1-3-8-16(14)21/h1-11,19H,12-13H2/t19-/m0/s1. The molecular formula is C19H16ClFN2O2S. The molecule has 0 saturated heterocycles. The van der Waals surface area contributed by atoms with Gasteiger partial charge in [-0.1, -0.05) is 41.9 Å². The lowest BCUT2D eigenvalue weighted by Crippen LogP contribution is -2.42. The summed E-state index contributed by atoms with van der Waals surface area (Å²) in [5.41, 5.74) is 1.06. The second kappa shape index (κ2) is 6.54. The number of benzene rings is 2. The van der Waals surface area contributed by atoms with Gasteiger partial charge in [-0.25, -0.2) is 12.8 Å². The quantitative estimate of drug-likeness (QED) is 0.676. The van der Waals surface area contributed by atoms with Crippen LogP contribution in [-0.2, 0) is 16.6 Å². The van der Waals surface area contributed by atoms with Gasteiger partial charge in [-0.05, 0) is 30.3 Å². The van der Waals surface area contributed by atoms with E-state index in [9.17, 15) is 12.8 Å². The van der Waals surface area contributed by atoms with Crippen molar-refractivity contribution >= 4 is 21.6 Å². The Kier molecular flexibility index (Phi) is 4.34. The van der Waals surface area contributed by atoms with Crippen molar-refractivity contribution in [3.63, 3.8) is 0 Å². The number of sulfonamides is 1. The van der Waals surface area contributed by atoms with Gasteiger partial charge in [0, 0.05) is 30.5 Å². The lowest BCUT2D eigenvalue weighted by molar-refractivity contribution is 0.293. The largest absolute Gasteiger partial charge is 0.348 e. The summed E-state index contributed by atoms with van der Waals surface area (Å²) in [5, 5.41) is 0.153. The van der Waals surface area contributed by atoms with Gasteiger partial charge in [0.2, 0.25) is 10.0 Å². The molecule has 0 bridgehead atoms. The second-order valence-corrected chi connectivity index (χ2v) is 8.36. The van der Waals surface area contributed by atoms with Crippen LogP contribution in [0.1, 0.15) is 17.3 Å². The van der Waals surface area contributed by atoms with Crippen molar-refractivity contribution < 1.29 is 12.8 Å². The SMILES string of the molecule is O=S(=O)(c1ccccc1Cl)N1CCn2cccc2[C@@H]1c1ccccc1F. The molecule has 1 aromatic heterocycles. The third-order valence-electron chi connectivity index (χ3n) is 4.62. The third-order valence-corrected chi connectivity index (χ3v) is 6.98. The molecule has 1 aliphatic heterocycles. The molecule has 7 heteroatoms. The molecule has 1 aliphatic rings. The minimum atomic E-state index is -3.91. The van der Waals surface area contributed by atoms with Gasteiger partial charge in [0.15, 0.2) is 0 Å². The number of fused-ring (bicyclic) bond motifs is 1. The molecule has 4 nitrogen and oxygen atoms in total. The van der Waals surface area contributed by atoms with Crippen molar-refractivity contribution in [3.05, 3.63) is 89.0 Å². The number of halogens is 2. The van der Waals surface area contributed by atoms with E-state index in [0.29, 0.717) is 12.1 Å². The number of hydrogen-bond acceptors (Lipinski definition) is 2. The molecule has 0 aliphatic carbocycles. The molecular weight excluding hydrogens is 375 g/mol. The average molecular weight is 391 g/mol. The molecule has 0 unspecified atom stereocenters. The highest BCUT2D eigenvalue weighted by Gasteiger charge is 2.39. The van der Waals surface area contributed by atoms with Crippen molar-refractivity contribution in [2.24, 2.45) is 0 Å². The van der Waals surface area contributed by atoms with Crippen LogP contribution < -0.4 is 0 Å². The normalized spacial score (nSPS) is 17.8. The average Bonchev–Trinajstić information content (AvgIpc) is 3.10. The molecule has 2 aromatic carbocycles. The van der Waals surface area contributed by atoms with Crippen molar-refractivity contribution in [1.29, 1.82) is 0 Å². The monoisotopic (exact) mass is 390 g/mol. The zero-order valence-corrected chi connectivity index (χ0v) is 15.3. The molecule has 0 radical (unpaired) electrons. The van der Waals surface area contributed by atoms with E-state index < -0.39 is 21.9 Å². The van der Waals surface area contributed by atoms with Crippen molar-refractivity contribution in [2.45, 2.75) is 17.5 Å². The van der Waals surface area contributed by atoms with Crippen LogP contribution in [0.3, 0.4) is 0 Å². The first-order chi connectivity index (χ1) is 12.5. The predicted octanol–water partition coefficient (Wildman–Crippen LogP) is 4.07. The van der Waals surface area contributed by atoms with Crippen LogP contribution >= 0.6 is 11.6 Å². The van der Waals surface area contributed by atoms with Crippen LogP contribution in [-0.4, -0.2) is 23.8 Å². The summed E-state index contributed by atoms with van der Waals surface area (Å²) in [6.07, 6.45) is 1.88. The lowest BCUT2D eigenvalue weighted by atomic mass is 10.0. The molecule has 2 heterocycles. The molecule has 134 valence electrons. The van der Waals surface area contributed by atoms with Crippen molar-refractivity contribution in [2.75, 3.05) is 6.54 Å². The third kappa shape index (κ3) is 2.74. The van der Waals surface area contributed by atoms with E-state index in [-0.39, 0.29) is 16.5 Å². The number of rotatable bonds is 3. The Morgan fingerprint density at radius 1 is 0.962 bits per heavy atom. The maximum Gasteiger partial charge on any atom is 0.245 e. The van der Waals surface area contributed by atoms with Crippen LogP contribution in [0.5, 0.6) is 0 Å². The van der Waals surface area contributed by atoms with Crippen LogP contribution in [0.25, 0.3) is 0 Å². The van der Waals surface area contributed by atoms with E-state index >= 15 is 0 Å². The highest BCUT2D eigenvalue weighted by atomic mass is 35.5. The van der Waals surface area contributed by atoms with Gasteiger partial charge in [-0.3, -0.25) is 0 Å². The summed E-state index contributed by atoms with van der Waals surface area (Å²) < 4.78 is 44.5. The lowest BCUT2D eigenvalue weighted by Gasteiger charge is -2.36. The van der Waals surface area contributed by atoms with E-state index in [2.05, 4.69) is 0 Å². The fraction of sp³-hybridized carbons (Fsp3) is 0.158. The Bertz CT molecular complexity index is 1060. The summed E-state index contributed by atoms with van der Waals surface area (Å²) in [5.74, 6) is -0.438. The fourth-order valence-electron chi connectivity index (χ4n) is 3.41. The molecule has 26 heavy (non-hydrogen) atoms. The summed E-state index contributed by atoms with van der Waals surface area (Å²) in [4.78, 5) is 0.0306. The maximum atomic E-state index is 14.6. The van der Waals surface area contributed by atoms with E-state index in [1.807, 2.05) is 22.9 Å². The number of aromatic nitrogens is 1. The first-order valence-electron chi connectivity index (χ1n) is 8.16. The fourth-order valence-corrected chi connectivity index (χ4v) is 5.48. The highest BCUT2D eigenvalue weighted by Crippen LogP contribution is 2.38. The highest BCUT2D eigenvalue weighted by molar-refractivity contribution is 7.89. The van der Waals surface area contributed by atoms with E-state index in [4.69, 9.17) is 11.6 Å². The summed E-state index contributed by atoms with van der Waals surface area (Å²) in [7, 11) is -3.91. The molecule has 0 saturated carbocycles. The predicted molar refractivity (Wildman–Crippen MR) is 98.0 cm³/mol. The Balaban J connectivity index is 1.90. The summed E-state index contributed by atoms with van der Waals surface area (Å²) >= 11 is 6.15.